The van der Waals surface area contributed by atoms with Crippen molar-refractivity contribution in [2.24, 2.45) is 0 Å². The first kappa shape index (κ1) is 43.5. The second kappa shape index (κ2) is 18.3. The number of ether oxygens (including phenoxy) is 1. The number of halogens is 2. The Kier molecular flexibility index (Phi) is 12.6. The van der Waals surface area contributed by atoms with Crippen LogP contribution in [0.2, 0.25) is 0 Å². The fourth-order valence-corrected chi connectivity index (χ4v) is 9.87. The van der Waals surface area contributed by atoms with Gasteiger partial charge in [0.2, 0.25) is 11.8 Å². The maximum absolute atomic E-state index is 16.4. The normalized spacial score (nSPS) is 21.7. The molecule has 4 fully saturated rings. The fraction of sp³-hybridized carbons (Fsp3) is 0.429. The van der Waals surface area contributed by atoms with E-state index >= 15 is 8.78 Å². The molecule has 12 nitrogen and oxygen atoms in total. The summed E-state index contributed by atoms with van der Waals surface area (Å²) >= 11 is 0. The van der Waals surface area contributed by atoms with Gasteiger partial charge in [-0.25, -0.2) is 18.4 Å². The monoisotopic (exact) mass is 862 g/mol. The highest BCUT2D eigenvalue weighted by atomic mass is 19.1. The Morgan fingerprint density at radius 2 is 1.13 bits per heavy atom. The van der Waals surface area contributed by atoms with E-state index in [1.54, 1.807) is 32.9 Å². The molecule has 0 saturated carbocycles. The molecule has 4 atom stereocenters. The third-order valence-corrected chi connectivity index (χ3v) is 12.9. The first-order valence-electron chi connectivity index (χ1n) is 22.1. The fourth-order valence-electron chi connectivity index (χ4n) is 9.87. The van der Waals surface area contributed by atoms with Gasteiger partial charge in [0.05, 0.1) is 12.1 Å². The molecule has 4 saturated heterocycles. The van der Waals surface area contributed by atoms with Gasteiger partial charge in [-0.05, 0) is 131 Å². The first-order valence-corrected chi connectivity index (χ1v) is 22.1. The van der Waals surface area contributed by atoms with E-state index in [1.807, 2.05) is 59.5 Å². The van der Waals surface area contributed by atoms with Crippen LogP contribution in [0.4, 0.5) is 41.1 Å². The highest BCUT2D eigenvalue weighted by Crippen LogP contribution is 2.48. The first-order chi connectivity index (χ1) is 30.2. The Balaban J connectivity index is 1.03. The number of nitrogens with one attached hydrogen (secondary N) is 2. The van der Waals surface area contributed by atoms with E-state index in [-0.39, 0.29) is 29.6 Å². The van der Waals surface area contributed by atoms with Crippen LogP contribution in [0.1, 0.15) is 107 Å². The second-order valence-electron chi connectivity index (χ2n) is 18.1. The molecule has 4 amide bonds. The number of hydrogen-bond acceptors (Lipinski definition) is 7. The van der Waals surface area contributed by atoms with Gasteiger partial charge in [-0.15, -0.1) is 0 Å². The summed E-state index contributed by atoms with van der Waals surface area (Å²) in [5.74, 6) is -1.61. The van der Waals surface area contributed by atoms with Crippen molar-refractivity contribution in [2.45, 2.75) is 108 Å². The zero-order chi connectivity index (χ0) is 44.4. The minimum Gasteiger partial charge on any atom is -0.465 e. The van der Waals surface area contributed by atoms with Gasteiger partial charge in [-0.2, -0.15) is 0 Å². The minimum atomic E-state index is -1.12. The number of anilines is 4. The van der Waals surface area contributed by atoms with Crippen LogP contribution in [-0.2, 0) is 14.3 Å². The predicted molar refractivity (Wildman–Crippen MR) is 238 cm³/mol. The molecule has 4 aliphatic heterocycles. The van der Waals surface area contributed by atoms with Crippen molar-refractivity contribution >= 4 is 46.8 Å². The highest BCUT2D eigenvalue weighted by molar-refractivity contribution is 5.97. The molecule has 0 radical (unpaired) electrons. The van der Waals surface area contributed by atoms with Crippen LogP contribution in [0.15, 0.2) is 91.0 Å². The SMILES string of the molecule is CC(C)(C)OC(=O)N1CCC[C@H]1C(=O)Nc1ccc([C@@H]2CC[C@@H](c3ccc(NC(=O)[C@@H]4CCCN4C(=O)O)cc3)N2c2cc(F)c(N3CCC(c4ccccc4)CC3)c(F)c2)cc1. The van der Waals surface area contributed by atoms with Crippen LogP contribution in [0.25, 0.3) is 0 Å². The molecular weight excluding hydrogens is 807 g/mol. The molecule has 0 spiro atoms. The van der Waals surface area contributed by atoms with Crippen molar-refractivity contribution in [3.05, 3.63) is 119 Å². The van der Waals surface area contributed by atoms with Crippen LogP contribution < -0.4 is 20.4 Å². The van der Waals surface area contributed by atoms with Crippen molar-refractivity contribution in [2.75, 3.05) is 46.6 Å². The van der Waals surface area contributed by atoms with Crippen molar-refractivity contribution in [3.8, 4) is 0 Å². The molecule has 0 aliphatic carbocycles. The van der Waals surface area contributed by atoms with Crippen LogP contribution in [0.3, 0.4) is 0 Å². The summed E-state index contributed by atoms with van der Waals surface area (Å²) in [6, 6.07) is 25.9. The summed E-state index contributed by atoms with van der Waals surface area (Å²) in [5, 5.41) is 15.4. The van der Waals surface area contributed by atoms with E-state index in [0.717, 1.165) is 28.9 Å². The molecule has 3 N–H and O–H groups in total. The summed E-state index contributed by atoms with van der Waals surface area (Å²) in [6.45, 7) is 7.17. The van der Waals surface area contributed by atoms with Gasteiger partial charge in [0, 0.05) is 43.2 Å². The average Bonchev–Trinajstić information content (AvgIpc) is 4.05. The van der Waals surface area contributed by atoms with Crippen molar-refractivity contribution in [1.29, 1.82) is 0 Å². The molecule has 0 unspecified atom stereocenters. The van der Waals surface area contributed by atoms with Gasteiger partial charge in [0.25, 0.3) is 0 Å². The van der Waals surface area contributed by atoms with E-state index < -0.39 is 41.5 Å². The van der Waals surface area contributed by atoms with E-state index in [9.17, 15) is 24.3 Å². The lowest BCUT2D eigenvalue weighted by molar-refractivity contribution is -0.120. The number of amides is 4. The Labute approximate surface area is 367 Å². The zero-order valence-electron chi connectivity index (χ0n) is 36.1. The maximum Gasteiger partial charge on any atom is 0.410 e. The number of carbonyl (C=O) groups is 4. The predicted octanol–water partition coefficient (Wildman–Crippen LogP) is 9.85. The van der Waals surface area contributed by atoms with Crippen molar-refractivity contribution < 1.29 is 37.8 Å². The maximum atomic E-state index is 16.4. The van der Waals surface area contributed by atoms with Crippen molar-refractivity contribution in [3.63, 3.8) is 0 Å². The topological polar surface area (TPSA) is 135 Å². The number of carbonyl (C=O) groups excluding carboxylic acids is 3. The number of benzene rings is 4. The second-order valence-corrected chi connectivity index (χ2v) is 18.1. The van der Waals surface area contributed by atoms with Crippen molar-refractivity contribution in [1.82, 2.24) is 9.80 Å². The number of likely N-dealkylation sites (tertiary alicyclic amines) is 2. The summed E-state index contributed by atoms with van der Waals surface area (Å²) in [4.78, 5) is 57.6. The number of hydrogen-bond donors (Lipinski definition) is 3. The Morgan fingerprint density at radius 1 is 0.635 bits per heavy atom. The molecule has 0 aromatic heterocycles. The summed E-state index contributed by atoms with van der Waals surface area (Å²) < 4.78 is 38.4. The van der Waals surface area contributed by atoms with E-state index in [1.165, 1.54) is 22.6 Å². The standard InChI is InChI=1S/C49H56F2N6O6/c1-49(2,3)63-48(62)56-26-8-12-43(56)46(59)53-36-19-15-34(16-20-36)41-22-21-40(33-13-17-35(18-14-33)52-45(58)42-11-7-25-55(42)47(60)61)57(41)37-29-38(50)44(39(51)30-37)54-27-23-32(24-28-54)31-9-5-4-6-10-31/h4-6,9-10,13-20,29-30,32,40-43H,7-8,11-12,21-28H2,1-3H3,(H,52,58)(H,53,59)(H,60,61)/t40-,41-,42-,43-/m0/s1. The molecule has 332 valence electrons. The summed E-state index contributed by atoms with van der Waals surface area (Å²) in [6.07, 6.45) is 3.53. The molecule has 8 rings (SSSR count). The van der Waals surface area contributed by atoms with E-state index in [4.69, 9.17) is 4.74 Å². The van der Waals surface area contributed by atoms with E-state index in [0.29, 0.717) is 87.7 Å². The number of rotatable bonds is 9. The molecular formula is C49H56F2N6O6. The molecule has 4 aromatic carbocycles. The van der Waals surface area contributed by atoms with E-state index in [2.05, 4.69) is 27.7 Å². The van der Waals surface area contributed by atoms with Gasteiger partial charge in [-0.3, -0.25) is 19.4 Å². The zero-order valence-corrected chi connectivity index (χ0v) is 36.1. The van der Waals surface area contributed by atoms with Crippen LogP contribution in [-0.4, -0.2) is 82.8 Å². The molecule has 14 heteroatoms. The van der Waals surface area contributed by atoms with Crippen LogP contribution in [0, 0.1) is 11.6 Å². The molecule has 4 heterocycles. The minimum absolute atomic E-state index is 0.0195. The quantitative estimate of drug-likeness (QED) is 0.152. The largest absolute Gasteiger partial charge is 0.465 e. The lowest BCUT2D eigenvalue weighted by Gasteiger charge is -2.36. The Bertz CT molecular complexity index is 2270. The average molecular weight is 863 g/mol. The lowest BCUT2D eigenvalue weighted by Crippen LogP contribution is -2.45. The van der Waals surface area contributed by atoms with Gasteiger partial charge in [-0.1, -0.05) is 54.6 Å². The number of nitrogens with zero attached hydrogens (tertiary/aromatic N) is 4. The van der Waals surface area contributed by atoms with Crippen LogP contribution in [0.5, 0.6) is 0 Å². The van der Waals surface area contributed by atoms with Gasteiger partial charge in [0.1, 0.15) is 23.4 Å². The van der Waals surface area contributed by atoms with Gasteiger partial charge < -0.3 is 30.3 Å². The lowest BCUT2D eigenvalue weighted by atomic mass is 9.89. The Hall–Kier alpha value is -6.18. The molecule has 4 aromatic rings. The van der Waals surface area contributed by atoms with Gasteiger partial charge in [0.15, 0.2) is 11.6 Å². The Morgan fingerprint density at radius 3 is 1.62 bits per heavy atom. The molecule has 4 aliphatic rings. The smallest absolute Gasteiger partial charge is 0.410 e. The summed E-state index contributed by atoms with van der Waals surface area (Å²) in [7, 11) is 0. The molecule has 0 bridgehead atoms. The number of piperidine rings is 1. The number of carboxylic acid groups (broad SMARTS) is 1. The third-order valence-electron chi connectivity index (χ3n) is 12.9. The molecule has 63 heavy (non-hydrogen) atoms. The van der Waals surface area contributed by atoms with Crippen LogP contribution >= 0.6 is 0 Å². The third kappa shape index (κ3) is 9.59. The summed E-state index contributed by atoms with van der Waals surface area (Å²) in [5.41, 5.74) is 3.77. The van der Waals surface area contributed by atoms with Gasteiger partial charge >= 0.3 is 12.2 Å². The highest BCUT2D eigenvalue weighted by Gasteiger charge is 2.39.